The highest BCUT2D eigenvalue weighted by Crippen LogP contribution is 2.16. The Balaban J connectivity index is 3.10. The fraction of sp³-hybridized carbons (Fsp3) is 0.727. The van der Waals surface area contributed by atoms with E-state index in [1.165, 1.54) is 0 Å². The zero-order valence-corrected chi connectivity index (χ0v) is 12.2. The molecule has 0 aliphatic heterocycles. The number of nitrogens with one attached hydrogen (secondary N) is 1. The van der Waals surface area contributed by atoms with E-state index in [4.69, 9.17) is 10.6 Å². The maximum Gasteiger partial charge on any atom is 0.243 e. The summed E-state index contributed by atoms with van der Waals surface area (Å²) in [5.41, 5.74) is 2.47. The number of nitrogens with zero attached hydrogens (tertiary/aromatic N) is 5. The van der Waals surface area contributed by atoms with Gasteiger partial charge in [-0.1, -0.05) is 0 Å². The average molecular weight is 269 g/mol. The average Bonchev–Trinajstić information content (AvgIpc) is 2.38. The Morgan fingerprint density at radius 3 is 2.32 bits per heavy atom. The lowest BCUT2D eigenvalue weighted by atomic mass is 10.3. The van der Waals surface area contributed by atoms with Crippen molar-refractivity contribution in [1.29, 1.82) is 0 Å². The highest BCUT2D eigenvalue weighted by Gasteiger charge is 2.16. The molecule has 0 atom stereocenters. The molecule has 0 radical (unpaired) electrons. The molecule has 0 aromatic carbocycles. The van der Waals surface area contributed by atoms with E-state index in [1.54, 1.807) is 12.0 Å². The van der Waals surface area contributed by atoms with Gasteiger partial charge in [0.15, 0.2) is 0 Å². The van der Waals surface area contributed by atoms with E-state index in [-0.39, 0.29) is 6.04 Å². The third-order valence-corrected chi connectivity index (χ3v) is 2.56. The fourth-order valence-corrected chi connectivity index (χ4v) is 1.53. The minimum atomic E-state index is 0.248. The molecule has 0 spiro atoms. The van der Waals surface area contributed by atoms with Crippen LogP contribution in [0.3, 0.4) is 0 Å². The predicted molar refractivity (Wildman–Crippen MR) is 76.3 cm³/mol. The third kappa shape index (κ3) is 4.18. The van der Waals surface area contributed by atoms with Crippen LogP contribution < -0.4 is 21.1 Å². The second-order valence-electron chi connectivity index (χ2n) is 4.58. The van der Waals surface area contributed by atoms with E-state index in [2.05, 4.69) is 34.2 Å². The summed E-state index contributed by atoms with van der Waals surface area (Å²) < 4.78 is 5.11. The SMILES string of the molecule is COCCN(c1nc(NN)nc(N(C)C)n1)C(C)C. The first-order valence-electron chi connectivity index (χ1n) is 6.15. The molecule has 3 N–H and O–H groups in total. The molecule has 0 aliphatic carbocycles. The molecule has 19 heavy (non-hydrogen) atoms. The zero-order valence-electron chi connectivity index (χ0n) is 12.2. The number of hydrazine groups is 1. The van der Waals surface area contributed by atoms with Crippen LogP contribution in [0.25, 0.3) is 0 Å². The molecule has 1 rings (SSSR count). The van der Waals surface area contributed by atoms with Gasteiger partial charge < -0.3 is 14.5 Å². The van der Waals surface area contributed by atoms with Crippen LogP contribution in [-0.2, 0) is 4.74 Å². The lowest BCUT2D eigenvalue weighted by Crippen LogP contribution is -2.36. The molecule has 8 nitrogen and oxygen atoms in total. The molecule has 0 saturated carbocycles. The van der Waals surface area contributed by atoms with Gasteiger partial charge in [0.25, 0.3) is 0 Å². The molecule has 1 aromatic rings. The number of aromatic nitrogens is 3. The molecule has 0 fully saturated rings. The normalized spacial score (nSPS) is 10.7. The van der Waals surface area contributed by atoms with Crippen molar-refractivity contribution >= 4 is 17.8 Å². The number of rotatable bonds is 7. The van der Waals surface area contributed by atoms with E-state index in [9.17, 15) is 0 Å². The van der Waals surface area contributed by atoms with Crippen molar-refractivity contribution in [1.82, 2.24) is 15.0 Å². The highest BCUT2D eigenvalue weighted by atomic mass is 16.5. The monoisotopic (exact) mass is 269 g/mol. The van der Waals surface area contributed by atoms with Crippen molar-refractivity contribution in [3.63, 3.8) is 0 Å². The Morgan fingerprint density at radius 1 is 1.21 bits per heavy atom. The van der Waals surface area contributed by atoms with Gasteiger partial charge in [0, 0.05) is 33.8 Å². The Bertz CT molecular complexity index is 397. The summed E-state index contributed by atoms with van der Waals surface area (Å²) in [5.74, 6) is 6.88. The summed E-state index contributed by atoms with van der Waals surface area (Å²) in [4.78, 5) is 16.8. The van der Waals surface area contributed by atoms with E-state index < -0.39 is 0 Å². The molecule has 1 aromatic heterocycles. The van der Waals surface area contributed by atoms with Gasteiger partial charge in [0.1, 0.15) is 0 Å². The first kappa shape index (κ1) is 15.4. The standard InChI is InChI=1S/C11H23N7O/c1-8(2)18(6-7-19-5)11-14-9(16-12)13-10(15-11)17(3)4/h8H,6-7,12H2,1-5H3,(H,13,14,15,16). The number of methoxy groups -OCH3 is 1. The largest absolute Gasteiger partial charge is 0.383 e. The van der Waals surface area contributed by atoms with E-state index in [1.807, 2.05) is 19.0 Å². The summed E-state index contributed by atoms with van der Waals surface area (Å²) in [5, 5.41) is 0. The first-order valence-corrected chi connectivity index (χ1v) is 6.15. The van der Waals surface area contributed by atoms with Crippen LogP contribution in [0.1, 0.15) is 13.8 Å². The molecule has 0 aliphatic rings. The maximum absolute atomic E-state index is 5.40. The molecule has 0 amide bonds. The van der Waals surface area contributed by atoms with Crippen molar-refractivity contribution in [2.75, 3.05) is 49.6 Å². The van der Waals surface area contributed by atoms with Gasteiger partial charge in [-0.05, 0) is 13.8 Å². The van der Waals surface area contributed by atoms with Crippen LogP contribution in [0.15, 0.2) is 0 Å². The van der Waals surface area contributed by atoms with Crippen molar-refractivity contribution < 1.29 is 4.74 Å². The molecule has 0 unspecified atom stereocenters. The summed E-state index contributed by atoms with van der Waals surface area (Å²) in [6, 6.07) is 0.248. The summed E-state index contributed by atoms with van der Waals surface area (Å²) in [6.07, 6.45) is 0. The third-order valence-electron chi connectivity index (χ3n) is 2.56. The summed E-state index contributed by atoms with van der Waals surface area (Å²) in [7, 11) is 5.41. The number of hydrogen-bond acceptors (Lipinski definition) is 8. The maximum atomic E-state index is 5.40. The summed E-state index contributed by atoms with van der Waals surface area (Å²) in [6.45, 7) is 5.45. The first-order chi connectivity index (χ1) is 8.99. The lowest BCUT2D eigenvalue weighted by molar-refractivity contribution is 0.203. The topological polar surface area (TPSA) is 92.4 Å². The second kappa shape index (κ2) is 7.05. The smallest absolute Gasteiger partial charge is 0.243 e. The number of nitrogen functional groups attached to an aromatic ring is 1. The molecule has 0 saturated heterocycles. The molecular formula is C11H23N7O. The van der Waals surface area contributed by atoms with Crippen molar-refractivity contribution in [3.05, 3.63) is 0 Å². The van der Waals surface area contributed by atoms with Crippen molar-refractivity contribution in [2.24, 2.45) is 5.84 Å². The molecular weight excluding hydrogens is 246 g/mol. The molecule has 1 heterocycles. The van der Waals surface area contributed by atoms with Gasteiger partial charge in [-0.2, -0.15) is 15.0 Å². The molecule has 8 heteroatoms. The summed E-state index contributed by atoms with van der Waals surface area (Å²) >= 11 is 0. The number of ether oxygens (including phenoxy) is 1. The van der Waals surface area contributed by atoms with Crippen LogP contribution in [0.2, 0.25) is 0 Å². The predicted octanol–water partition coefficient (Wildman–Crippen LogP) is 0.0844. The van der Waals surface area contributed by atoms with Gasteiger partial charge >= 0.3 is 0 Å². The van der Waals surface area contributed by atoms with Gasteiger partial charge in [-0.25, -0.2) is 5.84 Å². The van der Waals surface area contributed by atoms with Gasteiger partial charge in [0.2, 0.25) is 17.8 Å². The van der Waals surface area contributed by atoms with Crippen LogP contribution in [-0.4, -0.2) is 55.4 Å². The van der Waals surface area contributed by atoms with Crippen molar-refractivity contribution in [2.45, 2.75) is 19.9 Å². The minimum Gasteiger partial charge on any atom is -0.383 e. The highest BCUT2D eigenvalue weighted by molar-refractivity contribution is 5.44. The quantitative estimate of drug-likeness (QED) is 0.531. The number of anilines is 3. The lowest BCUT2D eigenvalue weighted by Gasteiger charge is -2.27. The van der Waals surface area contributed by atoms with Crippen LogP contribution in [0, 0.1) is 0 Å². The molecule has 0 bridgehead atoms. The fourth-order valence-electron chi connectivity index (χ4n) is 1.53. The van der Waals surface area contributed by atoms with Crippen LogP contribution in [0.4, 0.5) is 17.8 Å². The Labute approximate surface area is 114 Å². The van der Waals surface area contributed by atoms with Crippen LogP contribution in [0.5, 0.6) is 0 Å². The number of hydrogen-bond donors (Lipinski definition) is 2. The minimum absolute atomic E-state index is 0.248. The van der Waals surface area contributed by atoms with Gasteiger partial charge in [-0.15, -0.1) is 0 Å². The second-order valence-corrected chi connectivity index (χ2v) is 4.58. The van der Waals surface area contributed by atoms with Gasteiger partial charge in [0.05, 0.1) is 6.61 Å². The van der Waals surface area contributed by atoms with E-state index >= 15 is 0 Å². The Hall–Kier alpha value is -1.67. The molecule has 108 valence electrons. The number of nitrogens with two attached hydrogens (primary N) is 1. The Morgan fingerprint density at radius 2 is 1.84 bits per heavy atom. The van der Waals surface area contributed by atoms with Gasteiger partial charge in [-0.3, -0.25) is 5.43 Å². The van der Waals surface area contributed by atoms with Crippen LogP contribution >= 0.6 is 0 Å². The van der Waals surface area contributed by atoms with E-state index in [0.717, 1.165) is 0 Å². The Kier molecular flexibility index (Phi) is 5.71. The van der Waals surface area contributed by atoms with E-state index in [0.29, 0.717) is 31.0 Å². The zero-order chi connectivity index (χ0) is 14.4. The van der Waals surface area contributed by atoms with Crippen molar-refractivity contribution in [3.8, 4) is 0 Å².